The lowest BCUT2D eigenvalue weighted by Gasteiger charge is -2.07. The predicted molar refractivity (Wildman–Crippen MR) is 56.6 cm³/mol. The Balaban J connectivity index is 3.22. The summed E-state index contributed by atoms with van der Waals surface area (Å²) in [6, 6.07) is 4.53. The van der Waals surface area contributed by atoms with Crippen molar-refractivity contribution in [2.75, 3.05) is 25.1 Å². The van der Waals surface area contributed by atoms with Crippen LogP contribution in [0.2, 0.25) is 0 Å². The van der Waals surface area contributed by atoms with Crippen LogP contribution < -0.4 is 15.8 Å². The molecule has 0 amide bonds. The molecule has 0 saturated carbocycles. The standard InChI is InChI=1S/C8H13N3O2S/c1-10-8-4-3-6(5-7(8)9)14(12,13)11-2/h3-5,10-11H,9H2,1-2H3. The molecule has 1 aromatic rings. The number of sulfonamides is 1. The second kappa shape index (κ2) is 3.85. The summed E-state index contributed by atoms with van der Waals surface area (Å²) in [6.45, 7) is 0. The lowest BCUT2D eigenvalue weighted by molar-refractivity contribution is 0.588. The molecular formula is C8H13N3O2S. The van der Waals surface area contributed by atoms with Crippen molar-refractivity contribution in [1.29, 1.82) is 0 Å². The van der Waals surface area contributed by atoms with Gasteiger partial charge in [0, 0.05) is 7.05 Å². The van der Waals surface area contributed by atoms with Gasteiger partial charge in [0.1, 0.15) is 0 Å². The molecule has 0 aliphatic carbocycles. The van der Waals surface area contributed by atoms with E-state index in [4.69, 9.17) is 5.73 Å². The van der Waals surface area contributed by atoms with Crippen LogP contribution >= 0.6 is 0 Å². The smallest absolute Gasteiger partial charge is 0.240 e. The Labute approximate surface area is 83.4 Å². The summed E-state index contributed by atoms with van der Waals surface area (Å²) in [5.74, 6) is 0. The summed E-state index contributed by atoms with van der Waals surface area (Å²) in [5, 5.41) is 2.85. The molecular weight excluding hydrogens is 202 g/mol. The maximum absolute atomic E-state index is 11.4. The third kappa shape index (κ3) is 1.97. The van der Waals surface area contributed by atoms with Gasteiger partial charge >= 0.3 is 0 Å². The molecule has 0 saturated heterocycles. The first kappa shape index (κ1) is 10.8. The number of hydrogen-bond acceptors (Lipinski definition) is 4. The first-order valence-electron chi connectivity index (χ1n) is 4.02. The molecule has 14 heavy (non-hydrogen) atoms. The van der Waals surface area contributed by atoms with Crippen LogP contribution in [0.25, 0.3) is 0 Å². The van der Waals surface area contributed by atoms with E-state index in [2.05, 4.69) is 10.0 Å². The van der Waals surface area contributed by atoms with Crippen molar-refractivity contribution in [3.8, 4) is 0 Å². The Kier molecular flexibility index (Phi) is 2.97. The number of rotatable bonds is 3. The van der Waals surface area contributed by atoms with E-state index in [1.807, 2.05) is 0 Å². The van der Waals surface area contributed by atoms with Gasteiger partial charge in [-0.3, -0.25) is 0 Å². The van der Waals surface area contributed by atoms with Gasteiger partial charge in [-0.2, -0.15) is 0 Å². The molecule has 5 nitrogen and oxygen atoms in total. The van der Waals surface area contributed by atoms with Crippen molar-refractivity contribution in [2.45, 2.75) is 4.90 Å². The van der Waals surface area contributed by atoms with E-state index in [9.17, 15) is 8.42 Å². The second-order valence-corrected chi connectivity index (χ2v) is 4.59. The molecule has 0 aliphatic heterocycles. The van der Waals surface area contributed by atoms with E-state index >= 15 is 0 Å². The topological polar surface area (TPSA) is 84.2 Å². The molecule has 1 rings (SSSR count). The normalized spacial score (nSPS) is 11.3. The monoisotopic (exact) mass is 215 g/mol. The van der Waals surface area contributed by atoms with Crippen molar-refractivity contribution < 1.29 is 8.42 Å². The maximum atomic E-state index is 11.4. The highest BCUT2D eigenvalue weighted by Crippen LogP contribution is 2.21. The summed E-state index contributed by atoms with van der Waals surface area (Å²) in [6.07, 6.45) is 0. The van der Waals surface area contributed by atoms with Crippen molar-refractivity contribution >= 4 is 21.4 Å². The van der Waals surface area contributed by atoms with E-state index in [0.717, 1.165) is 0 Å². The molecule has 6 heteroatoms. The molecule has 0 atom stereocenters. The Morgan fingerprint density at radius 1 is 1.29 bits per heavy atom. The number of hydrogen-bond donors (Lipinski definition) is 3. The van der Waals surface area contributed by atoms with Crippen molar-refractivity contribution in [1.82, 2.24) is 4.72 Å². The zero-order chi connectivity index (χ0) is 10.8. The summed E-state index contributed by atoms with van der Waals surface area (Å²) < 4.78 is 24.9. The van der Waals surface area contributed by atoms with Crippen LogP contribution in [0.3, 0.4) is 0 Å². The van der Waals surface area contributed by atoms with Gasteiger partial charge < -0.3 is 11.1 Å². The Hall–Kier alpha value is -1.27. The van der Waals surface area contributed by atoms with Crippen molar-refractivity contribution in [3.63, 3.8) is 0 Å². The quantitative estimate of drug-likeness (QED) is 0.630. The van der Waals surface area contributed by atoms with Gasteiger partial charge in [-0.05, 0) is 25.2 Å². The average molecular weight is 215 g/mol. The Bertz CT molecular complexity index is 428. The number of anilines is 2. The predicted octanol–water partition coefficient (Wildman–Crippen LogP) is 0.219. The van der Waals surface area contributed by atoms with Gasteiger partial charge in [-0.25, -0.2) is 13.1 Å². The first-order valence-corrected chi connectivity index (χ1v) is 5.50. The largest absolute Gasteiger partial charge is 0.397 e. The van der Waals surface area contributed by atoms with Crippen LogP contribution in [0.4, 0.5) is 11.4 Å². The Morgan fingerprint density at radius 3 is 2.36 bits per heavy atom. The third-order valence-electron chi connectivity index (χ3n) is 1.87. The molecule has 0 spiro atoms. The van der Waals surface area contributed by atoms with Gasteiger partial charge in [0.2, 0.25) is 10.0 Å². The lowest BCUT2D eigenvalue weighted by atomic mass is 10.3. The average Bonchev–Trinajstić information content (AvgIpc) is 2.17. The van der Waals surface area contributed by atoms with Crippen LogP contribution in [-0.4, -0.2) is 22.5 Å². The van der Waals surface area contributed by atoms with Crippen molar-refractivity contribution in [2.24, 2.45) is 0 Å². The number of nitrogens with one attached hydrogen (secondary N) is 2. The Morgan fingerprint density at radius 2 is 1.93 bits per heavy atom. The fourth-order valence-corrected chi connectivity index (χ4v) is 1.82. The summed E-state index contributed by atoms with van der Waals surface area (Å²) in [5.41, 5.74) is 6.74. The second-order valence-electron chi connectivity index (χ2n) is 2.71. The SMILES string of the molecule is CNc1ccc(S(=O)(=O)NC)cc1N. The summed E-state index contributed by atoms with van der Waals surface area (Å²) in [4.78, 5) is 0.163. The van der Waals surface area contributed by atoms with Crippen LogP contribution in [0, 0.1) is 0 Å². The number of nitrogens with two attached hydrogens (primary N) is 1. The molecule has 78 valence electrons. The highest BCUT2D eigenvalue weighted by Gasteiger charge is 2.12. The van der Waals surface area contributed by atoms with E-state index < -0.39 is 10.0 Å². The van der Waals surface area contributed by atoms with Gasteiger partial charge in [0.05, 0.1) is 16.3 Å². The van der Waals surface area contributed by atoms with Crippen LogP contribution in [0.5, 0.6) is 0 Å². The van der Waals surface area contributed by atoms with Crippen LogP contribution in [-0.2, 0) is 10.0 Å². The third-order valence-corrected chi connectivity index (χ3v) is 3.28. The molecule has 0 bridgehead atoms. The molecule has 1 aromatic carbocycles. The fraction of sp³-hybridized carbons (Fsp3) is 0.250. The van der Waals surface area contributed by atoms with E-state index in [0.29, 0.717) is 11.4 Å². The van der Waals surface area contributed by atoms with E-state index in [1.54, 1.807) is 13.1 Å². The molecule has 0 aromatic heterocycles. The van der Waals surface area contributed by atoms with E-state index in [1.165, 1.54) is 19.2 Å². The summed E-state index contributed by atoms with van der Waals surface area (Å²) >= 11 is 0. The minimum Gasteiger partial charge on any atom is -0.397 e. The molecule has 0 fully saturated rings. The first-order chi connectivity index (χ1) is 6.51. The molecule has 0 aliphatic rings. The number of nitrogen functional groups attached to an aromatic ring is 1. The highest BCUT2D eigenvalue weighted by molar-refractivity contribution is 7.89. The molecule has 0 unspecified atom stereocenters. The lowest BCUT2D eigenvalue weighted by Crippen LogP contribution is -2.18. The molecule has 0 heterocycles. The maximum Gasteiger partial charge on any atom is 0.240 e. The van der Waals surface area contributed by atoms with Crippen LogP contribution in [0.15, 0.2) is 23.1 Å². The summed E-state index contributed by atoms with van der Waals surface area (Å²) in [7, 11) is -0.325. The zero-order valence-corrected chi connectivity index (χ0v) is 8.85. The molecule has 0 radical (unpaired) electrons. The van der Waals surface area contributed by atoms with Crippen molar-refractivity contribution in [3.05, 3.63) is 18.2 Å². The minimum absolute atomic E-state index is 0.163. The number of benzene rings is 1. The zero-order valence-electron chi connectivity index (χ0n) is 8.03. The molecule has 4 N–H and O–H groups in total. The van der Waals surface area contributed by atoms with Crippen LogP contribution in [0.1, 0.15) is 0 Å². The highest BCUT2D eigenvalue weighted by atomic mass is 32.2. The van der Waals surface area contributed by atoms with Gasteiger partial charge in [-0.1, -0.05) is 0 Å². The van der Waals surface area contributed by atoms with Gasteiger partial charge in [0.25, 0.3) is 0 Å². The fourth-order valence-electron chi connectivity index (χ4n) is 1.05. The van der Waals surface area contributed by atoms with Gasteiger partial charge in [0.15, 0.2) is 0 Å². The van der Waals surface area contributed by atoms with Gasteiger partial charge in [-0.15, -0.1) is 0 Å². The minimum atomic E-state index is -3.40. The van der Waals surface area contributed by atoms with E-state index in [-0.39, 0.29) is 4.90 Å².